The zero-order valence-electron chi connectivity index (χ0n) is 56.0. The van der Waals surface area contributed by atoms with E-state index in [1.807, 2.05) is 0 Å². The number of aliphatic hydroxyl groups excluding tert-OH is 6. The number of allylic oxidation sites excluding steroid dienone is 4. The fraction of sp³-hybridized carbons (Fsp3) is 0.588. The summed E-state index contributed by atoms with van der Waals surface area (Å²) in [4.78, 5) is 67.1. The molecule has 4 aliphatic heterocycles. The number of hydrogen-bond acceptors (Lipinski definition) is 28. The predicted molar refractivity (Wildman–Crippen MR) is 340 cm³/mol. The van der Waals surface area contributed by atoms with E-state index < -0.39 is 282 Å². The van der Waals surface area contributed by atoms with Crippen LogP contribution in [0, 0.1) is 22.6 Å². The van der Waals surface area contributed by atoms with Crippen LogP contribution in [0.4, 0.5) is 0 Å². The van der Waals surface area contributed by atoms with Gasteiger partial charge in [0.1, 0.15) is 81.3 Å². The fourth-order valence-corrected chi connectivity index (χ4v) is 17.3. The molecule has 4 heterocycles. The molecule has 98 heavy (non-hydrogen) atoms. The third-order valence-corrected chi connectivity index (χ3v) is 21.6. The number of likely N-dealkylation sites (N-methyl/N-ethyl adjacent to an activating group) is 2. The largest absolute Gasteiger partial charge is 0.511 e. The van der Waals surface area contributed by atoms with Crippen molar-refractivity contribution in [2.75, 3.05) is 42.4 Å². The van der Waals surface area contributed by atoms with Gasteiger partial charge in [0.15, 0.2) is 58.2 Å². The highest BCUT2D eigenvalue weighted by Gasteiger charge is 2.72. The number of fused-ring (bicyclic) bond motifs is 8. The lowest BCUT2D eigenvalue weighted by molar-refractivity contribution is -0.349. The molecule has 0 saturated carbocycles. The van der Waals surface area contributed by atoms with Crippen LogP contribution in [0.15, 0.2) is 47.0 Å². The Morgan fingerprint density at radius 1 is 0.480 bits per heavy atom. The Bertz CT molecular complexity index is 3720. The molecular formula is C68H82N6O24+2. The number of aromatic hydroxyl groups is 4. The van der Waals surface area contributed by atoms with Gasteiger partial charge in [-0.3, -0.25) is 19.2 Å². The van der Waals surface area contributed by atoms with E-state index in [2.05, 4.69) is 9.95 Å². The Labute approximate surface area is 562 Å². The van der Waals surface area contributed by atoms with Gasteiger partial charge in [0.05, 0.1) is 106 Å². The molecular weight excluding hydrogens is 1280 g/mol. The van der Waals surface area contributed by atoms with Crippen molar-refractivity contribution in [2.45, 2.75) is 202 Å². The maximum atomic E-state index is 14.6. The Kier molecular flexibility index (Phi) is 18.6. The first kappa shape index (κ1) is 70.4. The zero-order chi connectivity index (χ0) is 71.1. The van der Waals surface area contributed by atoms with Crippen LogP contribution < -0.4 is 0 Å². The number of nitrogens with zero attached hydrogens (tertiary/aromatic N) is 6. The molecule has 30 nitrogen and oxygen atoms in total. The molecule has 0 bridgehead atoms. The molecule has 0 amide bonds. The number of methoxy groups -OCH3 is 2. The second-order valence-corrected chi connectivity index (χ2v) is 27.2. The number of carbonyl (C=O) groups excluding carboxylic acids is 4. The number of hydrogen-bond donors (Lipinski definition) is 10. The third-order valence-electron chi connectivity index (χ3n) is 21.6. The van der Waals surface area contributed by atoms with Crippen LogP contribution in [-0.4, -0.2) is 248 Å². The van der Waals surface area contributed by atoms with Gasteiger partial charge in [-0.1, -0.05) is 13.8 Å². The van der Waals surface area contributed by atoms with Gasteiger partial charge in [0.2, 0.25) is 10.8 Å². The number of carbonyl (C=O) groups is 4. The van der Waals surface area contributed by atoms with Gasteiger partial charge in [-0.05, 0) is 93.0 Å². The Balaban J connectivity index is 1.26. The minimum atomic E-state index is -2.57. The molecule has 1 unspecified atom stereocenters. The van der Waals surface area contributed by atoms with Crippen LogP contribution in [0.1, 0.15) is 144 Å². The van der Waals surface area contributed by atoms with Crippen molar-refractivity contribution in [1.29, 1.82) is 10.8 Å². The van der Waals surface area contributed by atoms with Gasteiger partial charge in [0, 0.05) is 62.2 Å². The first-order valence-corrected chi connectivity index (χ1v) is 32.7. The van der Waals surface area contributed by atoms with E-state index >= 15 is 0 Å². The van der Waals surface area contributed by atoms with E-state index in [0.717, 1.165) is 24.3 Å². The van der Waals surface area contributed by atoms with Crippen molar-refractivity contribution in [3.63, 3.8) is 0 Å². The normalized spacial score (nSPS) is 37.5. The van der Waals surface area contributed by atoms with Crippen LogP contribution in [0.5, 0.6) is 23.0 Å². The molecule has 6 aliphatic carbocycles. The molecule has 4 saturated heterocycles. The van der Waals surface area contributed by atoms with Crippen molar-refractivity contribution >= 4 is 45.7 Å². The zero-order valence-corrected chi connectivity index (χ0v) is 56.0. The summed E-state index contributed by atoms with van der Waals surface area (Å²) in [5, 5.41) is 151. The first-order chi connectivity index (χ1) is 46.4. The number of benzene rings is 2. The average molecular weight is 1370 g/mol. The summed E-state index contributed by atoms with van der Waals surface area (Å²) in [6, 6.07) is -1.32. The molecule has 526 valence electrons. The minimum absolute atomic E-state index is 0.315. The van der Waals surface area contributed by atoms with Crippen LogP contribution in [0.3, 0.4) is 0 Å². The van der Waals surface area contributed by atoms with Crippen LogP contribution in [0.25, 0.3) is 32.5 Å². The van der Waals surface area contributed by atoms with Crippen molar-refractivity contribution in [3.05, 3.63) is 101 Å². The highest BCUT2D eigenvalue weighted by Crippen LogP contribution is 2.68. The number of ether oxygens (including phenoxy) is 10. The van der Waals surface area contributed by atoms with Crippen molar-refractivity contribution in [2.24, 2.45) is 11.8 Å². The maximum absolute atomic E-state index is 14.6. The second kappa shape index (κ2) is 25.9. The predicted octanol–water partition coefficient (Wildman–Crippen LogP) is 5.01. The molecule has 12 rings (SSSR count). The van der Waals surface area contributed by atoms with Crippen LogP contribution in [-0.2, 0) is 47.4 Å². The van der Waals surface area contributed by atoms with E-state index in [1.165, 1.54) is 28.1 Å². The molecule has 22 atom stereocenters. The molecule has 2 aromatic carbocycles. The molecule has 4 fully saturated rings. The summed E-state index contributed by atoms with van der Waals surface area (Å²) in [7, 11) is 9.56. The Morgan fingerprint density at radius 2 is 0.786 bits per heavy atom. The summed E-state index contributed by atoms with van der Waals surface area (Å²) in [6.45, 7) is 9.50. The lowest BCUT2D eigenvalue weighted by Gasteiger charge is -2.59. The van der Waals surface area contributed by atoms with E-state index in [4.69, 9.17) is 47.4 Å². The topological polar surface area (TPSA) is 426 Å². The lowest BCUT2D eigenvalue weighted by Crippen LogP contribution is -2.68. The summed E-state index contributed by atoms with van der Waals surface area (Å²) < 4.78 is 68.0. The number of phenols is 4. The third kappa shape index (κ3) is 10.5. The minimum Gasteiger partial charge on any atom is -0.511 e. The van der Waals surface area contributed by atoms with Gasteiger partial charge in [-0.15, -0.1) is 0 Å². The van der Waals surface area contributed by atoms with E-state index in [-0.39, 0.29) is 25.7 Å². The molecule has 10 N–H and O–H groups in total. The van der Waals surface area contributed by atoms with Crippen molar-refractivity contribution < 1.29 is 118 Å². The smallest absolute Gasteiger partial charge is 0.403 e. The van der Waals surface area contributed by atoms with Gasteiger partial charge < -0.3 is 108 Å². The van der Waals surface area contributed by atoms with Crippen LogP contribution >= 0.6 is 0 Å². The van der Waals surface area contributed by atoms with Crippen LogP contribution in [0.2, 0.25) is 0 Å². The molecule has 2 aromatic rings. The molecule has 30 heteroatoms. The Hall–Kier alpha value is -7.44. The van der Waals surface area contributed by atoms with E-state index in [0.29, 0.717) is 0 Å². The second-order valence-electron chi connectivity index (χ2n) is 27.2. The highest BCUT2D eigenvalue weighted by molar-refractivity contribution is 6.28. The van der Waals surface area contributed by atoms with Gasteiger partial charge in [-0.25, -0.2) is 0 Å². The van der Waals surface area contributed by atoms with E-state index in [1.54, 1.807) is 65.7 Å². The number of diazo groups is 2. The number of rotatable bonds is 15. The molecule has 10 aliphatic rings. The van der Waals surface area contributed by atoms with E-state index in [9.17, 15) is 81.0 Å². The standard InChI is InChI=1S/C68H80N6O24/c1-13-67(97-37-21-33(89-11)57(81)25(5)93-37)51(63(87)45-43-47(61(85)41-29(77)17-15-27(75)39(41)59(43)83)53(71-69)49(45)65(67)95-35-19-31(79)55(73(7)8)23(3)91-35)52-64(88)46-44-48(62(86)42-30(78)18-16-28(76)40(42)60(44)84)54(72-70)50(46)66(96-36-20-32(80)56(74(9)10)24(4)92-36)68(52,14-2)98-38-22-34(90-12)58(82)26(6)94-38/h15-18,23-26,31-38,51-52,55-58,65-66,69-70,79-82H,13-14,19-22H2,1-12H3,(H2,83,84,85,86,87,88)/p+2/t23-,24-,25-,26+,31-,32-,33-,34+,35+,36+,37-,38+,51+,52+,55?,56-,57-,58+,65-,66-,67+,68+/m1/s1. The lowest BCUT2D eigenvalue weighted by atomic mass is 9.56. The fourth-order valence-electron chi connectivity index (χ4n) is 17.3. The summed E-state index contributed by atoms with van der Waals surface area (Å²) in [5.41, 5.74) is -14.0. The SMILES string of the molecule is CC[C@@]1(O[C@@H]2C[C@@H](OC)[C@H](O)[C@@H](C)O2)[C@H](O[C@H]2C[C@@H](O)C(N(C)C)[C@@H](C)O2)C2=C([N+]#N)c3c(O)c4c(c(O)c3C2=C(O)[C@@H]1[C@H]1C(O)=C2C(=C([N+]#N)c3c(O)c5c(c(O)c32)C(=O)C=CC5=O)[C@@H](O[C@H]2C[C@@H](O)[C@H](N(C)C)[C@@H](C)O2)[C@@]1(CC)O[C@H]1C[C@H](OC)[C@@H](O)[C@H](C)O1)C(=O)C=CC4=O. The monoisotopic (exact) mass is 1370 g/mol. The van der Waals surface area contributed by atoms with Gasteiger partial charge in [0.25, 0.3) is 0 Å². The first-order valence-electron chi connectivity index (χ1n) is 32.7. The summed E-state index contributed by atoms with van der Waals surface area (Å²) in [5.74, 6) is -14.4. The average Bonchev–Trinajstić information content (AvgIpc) is 1.59. The highest BCUT2D eigenvalue weighted by atomic mass is 16.7. The molecule has 0 radical (unpaired) electrons. The van der Waals surface area contributed by atoms with Crippen molar-refractivity contribution in [1.82, 2.24) is 9.80 Å². The Morgan fingerprint density at radius 3 is 1.06 bits per heavy atom. The van der Waals surface area contributed by atoms with Gasteiger partial charge >= 0.3 is 11.4 Å². The number of ketones is 4. The van der Waals surface area contributed by atoms with Crippen molar-refractivity contribution in [3.8, 4) is 23.0 Å². The maximum Gasteiger partial charge on any atom is 0.403 e. The number of phenolic OH excluding ortho intramolecular Hbond substituents is 4. The van der Waals surface area contributed by atoms with Gasteiger partial charge in [-0.2, -0.15) is 0 Å². The summed E-state index contributed by atoms with van der Waals surface area (Å²) in [6.07, 6.45) is -20.3. The quantitative estimate of drug-likeness (QED) is 0.0827. The molecule has 0 aromatic heterocycles. The molecule has 0 spiro atoms. The number of aliphatic hydroxyl groups is 6. The summed E-state index contributed by atoms with van der Waals surface area (Å²) >= 11 is 0.